The number of ether oxygens (including phenoxy) is 1. The molecule has 17 heavy (non-hydrogen) atoms. The number of halogens is 2. The van der Waals surface area contributed by atoms with E-state index in [1.165, 1.54) is 0 Å². The minimum atomic E-state index is -0.910. The molecule has 2 N–H and O–H groups in total. The van der Waals surface area contributed by atoms with Gasteiger partial charge in [0.25, 0.3) is 0 Å². The second kappa shape index (κ2) is 7.07. The van der Waals surface area contributed by atoms with E-state index in [-0.39, 0.29) is 6.61 Å². The van der Waals surface area contributed by atoms with Crippen LogP contribution in [0.15, 0.2) is 18.2 Å². The quantitative estimate of drug-likeness (QED) is 0.841. The lowest BCUT2D eigenvalue weighted by molar-refractivity contribution is -0.00454. The Bertz CT molecular complexity index is 337. The molecular formula is C12H16Cl2O3. The van der Waals surface area contributed by atoms with E-state index >= 15 is 0 Å². The summed E-state index contributed by atoms with van der Waals surface area (Å²) in [4.78, 5) is 0. The molecule has 0 bridgehead atoms. The van der Waals surface area contributed by atoms with Crippen molar-refractivity contribution in [2.75, 3.05) is 6.61 Å². The van der Waals surface area contributed by atoms with Crippen LogP contribution in [0.4, 0.5) is 0 Å². The second-order valence-electron chi connectivity index (χ2n) is 3.80. The minimum absolute atomic E-state index is 0.334. The lowest BCUT2D eigenvalue weighted by Crippen LogP contribution is -2.34. The molecule has 0 heterocycles. The number of hydrogen-bond donors (Lipinski definition) is 2. The highest BCUT2D eigenvalue weighted by Gasteiger charge is 2.19. The van der Waals surface area contributed by atoms with E-state index in [1.807, 2.05) is 6.92 Å². The average molecular weight is 279 g/mol. The van der Waals surface area contributed by atoms with Crippen molar-refractivity contribution in [3.05, 3.63) is 28.2 Å². The first-order valence-electron chi connectivity index (χ1n) is 5.48. The van der Waals surface area contributed by atoms with Crippen LogP contribution in [-0.2, 0) is 0 Å². The molecule has 0 aliphatic carbocycles. The van der Waals surface area contributed by atoms with Gasteiger partial charge in [0, 0.05) is 10.0 Å². The Morgan fingerprint density at radius 2 is 1.82 bits per heavy atom. The zero-order valence-corrected chi connectivity index (χ0v) is 11.1. The smallest absolute Gasteiger partial charge is 0.127 e. The van der Waals surface area contributed by atoms with Gasteiger partial charge in [-0.15, -0.1) is 0 Å². The molecule has 2 atom stereocenters. The minimum Gasteiger partial charge on any atom is -0.488 e. The average Bonchev–Trinajstić information content (AvgIpc) is 2.26. The van der Waals surface area contributed by atoms with E-state index in [0.717, 1.165) is 6.42 Å². The van der Waals surface area contributed by atoms with E-state index in [9.17, 15) is 5.11 Å². The van der Waals surface area contributed by atoms with E-state index < -0.39 is 12.2 Å². The molecule has 0 unspecified atom stereocenters. The van der Waals surface area contributed by atoms with E-state index in [0.29, 0.717) is 22.2 Å². The van der Waals surface area contributed by atoms with Crippen molar-refractivity contribution >= 4 is 23.2 Å². The van der Waals surface area contributed by atoms with Crippen LogP contribution >= 0.6 is 23.2 Å². The van der Waals surface area contributed by atoms with Crippen LogP contribution in [0.5, 0.6) is 5.75 Å². The van der Waals surface area contributed by atoms with E-state index in [4.69, 9.17) is 33.0 Å². The van der Waals surface area contributed by atoms with Crippen molar-refractivity contribution in [2.24, 2.45) is 0 Å². The number of aliphatic hydroxyl groups is 2. The van der Waals surface area contributed by atoms with Gasteiger partial charge in [-0.2, -0.15) is 0 Å². The Hall–Kier alpha value is -0.480. The Kier molecular flexibility index (Phi) is 6.06. The summed E-state index contributed by atoms with van der Waals surface area (Å²) < 4.78 is 5.59. The summed E-state index contributed by atoms with van der Waals surface area (Å²) in [5, 5.41) is 19.5. The Balaban J connectivity index is 2.77. The Morgan fingerprint density at radius 3 is 2.29 bits per heavy atom. The summed E-state index contributed by atoms with van der Waals surface area (Å²) in [7, 11) is 0. The largest absolute Gasteiger partial charge is 0.488 e. The molecule has 0 aliphatic heterocycles. The zero-order valence-electron chi connectivity index (χ0n) is 9.57. The van der Waals surface area contributed by atoms with E-state index in [2.05, 4.69) is 0 Å². The summed E-state index contributed by atoms with van der Waals surface area (Å²) in [6.07, 6.45) is 0.120. The van der Waals surface area contributed by atoms with Gasteiger partial charge < -0.3 is 14.9 Å². The molecular weight excluding hydrogens is 263 g/mol. The molecule has 0 aromatic heterocycles. The van der Waals surface area contributed by atoms with E-state index in [1.54, 1.807) is 18.2 Å². The molecule has 0 aliphatic rings. The van der Waals surface area contributed by atoms with Crippen LogP contribution in [0.1, 0.15) is 19.8 Å². The first kappa shape index (κ1) is 14.6. The van der Waals surface area contributed by atoms with Gasteiger partial charge in [0.1, 0.15) is 18.0 Å². The third-order valence-corrected chi connectivity index (χ3v) is 2.75. The van der Waals surface area contributed by atoms with Crippen LogP contribution in [0.3, 0.4) is 0 Å². The molecule has 0 saturated carbocycles. The number of rotatable bonds is 6. The van der Waals surface area contributed by atoms with Crippen molar-refractivity contribution in [2.45, 2.75) is 32.0 Å². The van der Waals surface area contributed by atoms with Gasteiger partial charge in [-0.1, -0.05) is 36.5 Å². The number of hydrogen-bond acceptors (Lipinski definition) is 3. The molecule has 1 aromatic rings. The Morgan fingerprint density at radius 1 is 1.24 bits per heavy atom. The maximum absolute atomic E-state index is 9.61. The SMILES string of the molecule is CCC[C@H](Oc1cc(Cl)cc(Cl)c1)[C@H](O)CO. The highest BCUT2D eigenvalue weighted by Crippen LogP contribution is 2.26. The molecule has 0 saturated heterocycles. The molecule has 96 valence electrons. The molecule has 5 heteroatoms. The van der Waals surface area contributed by atoms with Gasteiger partial charge in [0.2, 0.25) is 0 Å². The van der Waals surface area contributed by atoms with Gasteiger partial charge in [0.15, 0.2) is 0 Å². The normalized spacial score (nSPS) is 14.4. The van der Waals surface area contributed by atoms with Gasteiger partial charge in [-0.3, -0.25) is 0 Å². The fraction of sp³-hybridized carbons (Fsp3) is 0.500. The van der Waals surface area contributed by atoms with Crippen LogP contribution in [0.2, 0.25) is 10.0 Å². The monoisotopic (exact) mass is 278 g/mol. The second-order valence-corrected chi connectivity index (χ2v) is 4.67. The number of aliphatic hydroxyl groups excluding tert-OH is 2. The lowest BCUT2D eigenvalue weighted by atomic mass is 10.1. The van der Waals surface area contributed by atoms with Gasteiger partial charge >= 0.3 is 0 Å². The fourth-order valence-corrected chi connectivity index (χ4v) is 2.01. The third kappa shape index (κ3) is 4.72. The highest BCUT2D eigenvalue weighted by atomic mass is 35.5. The maximum Gasteiger partial charge on any atom is 0.127 e. The molecule has 0 spiro atoms. The number of benzene rings is 1. The van der Waals surface area contributed by atoms with Crippen LogP contribution in [-0.4, -0.2) is 29.0 Å². The third-order valence-electron chi connectivity index (χ3n) is 2.31. The van der Waals surface area contributed by atoms with Gasteiger partial charge in [-0.05, 0) is 24.6 Å². The molecule has 0 fully saturated rings. The predicted octanol–water partition coefficient (Wildman–Crippen LogP) is 2.89. The van der Waals surface area contributed by atoms with Gasteiger partial charge in [-0.25, -0.2) is 0 Å². The topological polar surface area (TPSA) is 49.7 Å². The van der Waals surface area contributed by atoms with Crippen molar-refractivity contribution in [1.29, 1.82) is 0 Å². The molecule has 3 nitrogen and oxygen atoms in total. The molecule has 1 rings (SSSR count). The first-order valence-corrected chi connectivity index (χ1v) is 6.24. The molecule has 0 radical (unpaired) electrons. The van der Waals surface area contributed by atoms with Crippen LogP contribution in [0, 0.1) is 0 Å². The van der Waals surface area contributed by atoms with Crippen LogP contribution < -0.4 is 4.74 Å². The van der Waals surface area contributed by atoms with Crippen molar-refractivity contribution < 1.29 is 14.9 Å². The van der Waals surface area contributed by atoms with Crippen molar-refractivity contribution in [1.82, 2.24) is 0 Å². The van der Waals surface area contributed by atoms with Crippen molar-refractivity contribution in [3.8, 4) is 5.75 Å². The summed E-state index contributed by atoms with van der Waals surface area (Å²) in [6, 6.07) is 4.85. The summed E-state index contributed by atoms with van der Waals surface area (Å²) in [6.45, 7) is 1.64. The van der Waals surface area contributed by atoms with Crippen LogP contribution in [0.25, 0.3) is 0 Å². The fourth-order valence-electron chi connectivity index (χ4n) is 1.50. The highest BCUT2D eigenvalue weighted by molar-refractivity contribution is 6.34. The zero-order chi connectivity index (χ0) is 12.8. The van der Waals surface area contributed by atoms with Gasteiger partial charge in [0.05, 0.1) is 6.61 Å². The summed E-state index contributed by atoms with van der Waals surface area (Å²) in [5.74, 6) is 0.494. The predicted molar refractivity (Wildman–Crippen MR) is 68.9 cm³/mol. The standard InChI is InChI=1S/C12H16Cl2O3/c1-2-3-12(11(16)7-15)17-10-5-8(13)4-9(14)6-10/h4-6,11-12,15-16H,2-3,7H2,1H3/t11-,12+/m1/s1. The molecule has 1 aromatic carbocycles. The maximum atomic E-state index is 9.61. The lowest BCUT2D eigenvalue weighted by Gasteiger charge is -2.22. The molecule has 0 amide bonds. The summed E-state index contributed by atoms with van der Waals surface area (Å²) >= 11 is 11.7. The Labute approximate surface area is 111 Å². The van der Waals surface area contributed by atoms with Crippen molar-refractivity contribution in [3.63, 3.8) is 0 Å². The first-order chi connectivity index (χ1) is 8.06. The summed E-state index contributed by atoms with van der Waals surface area (Å²) in [5.41, 5.74) is 0.